The van der Waals surface area contributed by atoms with Crippen molar-refractivity contribution in [1.82, 2.24) is 4.90 Å². The van der Waals surface area contributed by atoms with E-state index in [1.54, 1.807) is 42.5 Å². The fraction of sp³-hybridized carbons (Fsp3) is 0.120. The topological polar surface area (TPSA) is 66.8 Å². The van der Waals surface area contributed by atoms with E-state index < -0.39 is 29.3 Å². The summed E-state index contributed by atoms with van der Waals surface area (Å²) < 4.78 is 18.5. The quantitative estimate of drug-likeness (QED) is 0.283. The molecular formula is C25H18Cl2FNO4. The van der Waals surface area contributed by atoms with E-state index in [1.165, 1.54) is 36.3 Å². The first-order valence-electron chi connectivity index (χ1n) is 9.93. The number of carbonyl (C=O) groups excluding carboxylic acids is 2. The van der Waals surface area contributed by atoms with Crippen molar-refractivity contribution in [1.29, 1.82) is 0 Å². The zero-order chi connectivity index (χ0) is 23.7. The highest BCUT2D eigenvalue weighted by Crippen LogP contribution is 2.42. The molecule has 3 aromatic rings. The molecule has 1 aliphatic rings. The monoisotopic (exact) mass is 485 g/mol. The molecule has 1 amide bonds. The van der Waals surface area contributed by atoms with E-state index >= 15 is 0 Å². The van der Waals surface area contributed by atoms with Gasteiger partial charge in [0.2, 0.25) is 0 Å². The lowest BCUT2D eigenvalue weighted by molar-refractivity contribution is -0.140. The lowest BCUT2D eigenvalue weighted by Gasteiger charge is -2.25. The summed E-state index contributed by atoms with van der Waals surface area (Å²) >= 11 is 12.4. The van der Waals surface area contributed by atoms with Gasteiger partial charge in [0.1, 0.15) is 11.6 Å². The Balaban J connectivity index is 1.86. The van der Waals surface area contributed by atoms with Gasteiger partial charge in [0, 0.05) is 12.1 Å². The van der Waals surface area contributed by atoms with E-state index in [2.05, 4.69) is 0 Å². The molecule has 0 bridgehead atoms. The van der Waals surface area contributed by atoms with Crippen LogP contribution in [-0.2, 0) is 16.1 Å². The van der Waals surface area contributed by atoms with Gasteiger partial charge in [0.15, 0.2) is 5.75 Å². The highest BCUT2D eigenvalue weighted by molar-refractivity contribution is 6.46. The van der Waals surface area contributed by atoms with Crippen molar-refractivity contribution in [2.24, 2.45) is 0 Å². The fourth-order valence-corrected chi connectivity index (χ4v) is 4.50. The number of ketones is 1. The number of amides is 1. The number of aliphatic hydroxyl groups excluding tert-OH is 1. The summed E-state index contributed by atoms with van der Waals surface area (Å²) in [4.78, 5) is 27.5. The van der Waals surface area contributed by atoms with Gasteiger partial charge < -0.3 is 14.7 Å². The van der Waals surface area contributed by atoms with Gasteiger partial charge >= 0.3 is 0 Å². The van der Waals surface area contributed by atoms with Gasteiger partial charge in [-0.3, -0.25) is 9.59 Å². The number of aliphatic hydroxyl groups is 1. The minimum Gasteiger partial charge on any atom is -0.507 e. The van der Waals surface area contributed by atoms with Crippen molar-refractivity contribution >= 4 is 40.7 Å². The standard InChI is InChI=1S/C25H18Cl2FNO4/c1-33-24-18(26)11-16(12-19(24)27)22(30)20-21(15-5-3-2-4-6-15)29(25(32)23(20)31)13-14-7-9-17(28)10-8-14/h2-12,21,30H,13H2,1H3/b22-20+. The van der Waals surface area contributed by atoms with Crippen molar-refractivity contribution in [2.75, 3.05) is 7.11 Å². The van der Waals surface area contributed by atoms with E-state index in [0.29, 0.717) is 11.1 Å². The van der Waals surface area contributed by atoms with Crippen molar-refractivity contribution < 1.29 is 23.8 Å². The average Bonchev–Trinajstić information content (AvgIpc) is 3.05. The molecule has 8 heteroatoms. The second-order valence-corrected chi connectivity index (χ2v) is 8.25. The molecule has 1 fully saturated rings. The number of hydrogen-bond acceptors (Lipinski definition) is 4. The number of likely N-dealkylation sites (tertiary alicyclic amines) is 1. The molecule has 4 rings (SSSR count). The van der Waals surface area contributed by atoms with Gasteiger partial charge in [-0.15, -0.1) is 0 Å². The second kappa shape index (κ2) is 9.25. The van der Waals surface area contributed by atoms with Crippen LogP contribution in [0.2, 0.25) is 10.0 Å². The fourth-order valence-electron chi connectivity index (χ4n) is 3.86. The summed E-state index contributed by atoms with van der Waals surface area (Å²) in [5.41, 5.74) is 1.35. The maximum atomic E-state index is 13.3. The first-order chi connectivity index (χ1) is 15.8. The first-order valence-corrected chi connectivity index (χ1v) is 10.7. The van der Waals surface area contributed by atoms with Gasteiger partial charge in [-0.1, -0.05) is 65.7 Å². The molecule has 1 atom stereocenters. The number of carbonyl (C=O) groups is 2. The molecule has 33 heavy (non-hydrogen) atoms. The Bertz CT molecular complexity index is 1240. The van der Waals surface area contributed by atoms with E-state index in [4.69, 9.17) is 27.9 Å². The molecule has 0 spiro atoms. The van der Waals surface area contributed by atoms with Crippen LogP contribution in [-0.4, -0.2) is 28.8 Å². The minimum absolute atomic E-state index is 0.0469. The summed E-state index contributed by atoms with van der Waals surface area (Å²) in [6, 6.07) is 16.5. The number of halogens is 3. The van der Waals surface area contributed by atoms with E-state index in [9.17, 15) is 19.1 Å². The normalized spacial score (nSPS) is 17.5. The Morgan fingerprint density at radius 3 is 2.21 bits per heavy atom. The number of rotatable bonds is 5. The molecule has 1 N–H and O–H groups in total. The Kier molecular flexibility index (Phi) is 6.40. The van der Waals surface area contributed by atoms with E-state index in [-0.39, 0.29) is 33.5 Å². The second-order valence-electron chi connectivity index (χ2n) is 7.44. The third-order valence-electron chi connectivity index (χ3n) is 5.40. The van der Waals surface area contributed by atoms with Crippen molar-refractivity contribution in [2.45, 2.75) is 12.6 Å². The number of methoxy groups -OCH3 is 1. The maximum absolute atomic E-state index is 13.3. The van der Waals surface area contributed by atoms with Gasteiger partial charge in [-0.25, -0.2) is 4.39 Å². The van der Waals surface area contributed by atoms with Gasteiger partial charge in [-0.2, -0.15) is 0 Å². The Morgan fingerprint density at radius 1 is 1.03 bits per heavy atom. The molecule has 1 saturated heterocycles. The highest BCUT2D eigenvalue weighted by Gasteiger charge is 2.46. The highest BCUT2D eigenvalue weighted by atomic mass is 35.5. The van der Waals surface area contributed by atoms with Crippen LogP contribution in [0.5, 0.6) is 5.75 Å². The van der Waals surface area contributed by atoms with Gasteiger partial charge in [-0.05, 0) is 35.4 Å². The van der Waals surface area contributed by atoms with E-state index in [0.717, 1.165) is 0 Å². The van der Waals surface area contributed by atoms with Crippen LogP contribution >= 0.6 is 23.2 Å². The lowest BCUT2D eigenvalue weighted by Crippen LogP contribution is -2.29. The predicted octanol–water partition coefficient (Wildman–Crippen LogP) is 5.76. The summed E-state index contributed by atoms with van der Waals surface area (Å²) in [6.07, 6.45) is 0. The number of nitrogens with zero attached hydrogens (tertiary/aromatic N) is 1. The summed E-state index contributed by atoms with van der Waals surface area (Å²) in [7, 11) is 1.41. The molecule has 0 radical (unpaired) electrons. The number of benzene rings is 3. The largest absolute Gasteiger partial charge is 0.507 e. The molecule has 0 aromatic heterocycles. The molecule has 0 aliphatic carbocycles. The van der Waals surface area contributed by atoms with Crippen LogP contribution in [0.15, 0.2) is 72.3 Å². The maximum Gasteiger partial charge on any atom is 0.295 e. The van der Waals surface area contributed by atoms with Crippen LogP contribution in [0, 0.1) is 5.82 Å². The molecule has 5 nitrogen and oxygen atoms in total. The van der Waals surface area contributed by atoms with Crippen molar-refractivity contribution in [3.63, 3.8) is 0 Å². The number of Topliss-reactive ketones (excluding diaryl/α,β-unsaturated/α-hetero) is 1. The molecule has 0 saturated carbocycles. The van der Waals surface area contributed by atoms with Crippen LogP contribution in [0.25, 0.3) is 5.76 Å². The molecule has 168 valence electrons. The third-order valence-corrected chi connectivity index (χ3v) is 5.96. The van der Waals surface area contributed by atoms with Crippen LogP contribution in [0.3, 0.4) is 0 Å². The van der Waals surface area contributed by atoms with Crippen LogP contribution < -0.4 is 4.74 Å². The Labute approximate surface area is 199 Å². The molecule has 3 aromatic carbocycles. The Morgan fingerprint density at radius 2 is 1.64 bits per heavy atom. The smallest absolute Gasteiger partial charge is 0.295 e. The number of hydrogen-bond donors (Lipinski definition) is 1. The minimum atomic E-state index is -0.865. The third kappa shape index (κ3) is 4.32. The Hall–Kier alpha value is -3.35. The summed E-state index contributed by atoms with van der Waals surface area (Å²) in [5.74, 6) is -2.21. The molecule has 1 unspecified atom stereocenters. The van der Waals surface area contributed by atoms with E-state index in [1.807, 2.05) is 0 Å². The summed E-state index contributed by atoms with van der Waals surface area (Å²) in [6.45, 7) is 0.0469. The predicted molar refractivity (Wildman–Crippen MR) is 124 cm³/mol. The van der Waals surface area contributed by atoms with Crippen molar-refractivity contribution in [3.05, 3.63) is 105 Å². The van der Waals surface area contributed by atoms with Gasteiger partial charge in [0.25, 0.3) is 11.7 Å². The van der Waals surface area contributed by atoms with Gasteiger partial charge in [0.05, 0.1) is 28.8 Å². The summed E-state index contributed by atoms with van der Waals surface area (Å²) in [5, 5.41) is 11.4. The SMILES string of the molecule is COc1c(Cl)cc(/C(O)=C2\C(=O)C(=O)N(Cc3ccc(F)cc3)C2c2ccccc2)cc1Cl. The first kappa shape index (κ1) is 22.8. The lowest BCUT2D eigenvalue weighted by atomic mass is 9.95. The average molecular weight is 486 g/mol. The molecule has 1 aliphatic heterocycles. The molecular weight excluding hydrogens is 468 g/mol. The van der Waals surface area contributed by atoms with Crippen LogP contribution in [0.1, 0.15) is 22.7 Å². The van der Waals surface area contributed by atoms with Crippen molar-refractivity contribution in [3.8, 4) is 5.75 Å². The zero-order valence-electron chi connectivity index (χ0n) is 17.4. The number of ether oxygens (including phenoxy) is 1. The molecule has 1 heterocycles. The van der Waals surface area contributed by atoms with Crippen LogP contribution in [0.4, 0.5) is 4.39 Å². The zero-order valence-corrected chi connectivity index (χ0v) is 18.9.